The van der Waals surface area contributed by atoms with Crippen molar-refractivity contribution >= 4 is 11.8 Å². The van der Waals surface area contributed by atoms with E-state index in [1.165, 1.54) is 0 Å². The summed E-state index contributed by atoms with van der Waals surface area (Å²) >= 11 is 0. The number of hydrogen-bond acceptors (Lipinski definition) is 5. The van der Waals surface area contributed by atoms with Gasteiger partial charge in [0.15, 0.2) is 0 Å². The van der Waals surface area contributed by atoms with Gasteiger partial charge in [-0.1, -0.05) is 6.92 Å². The quantitative estimate of drug-likeness (QED) is 0.740. The fourth-order valence-electron chi connectivity index (χ4n) is 1.89. The van der Waals surface area contributed by atoms with Crippen LogP contribution in [0.4, 0.5) is 5.82 Å². The molecule has 0 bridgehead atoms. The third-order valence-electron chi connectivity index (χ3n) is 3.12. The van der Waals surface area contributed by atoms with Gasteiger partial charge in [0.05, 0.1) is 5.69 Å². The van der Waals surface area contributed by atoms with Crippen LogP contribution >= 0.6 is 0 Å². The molecule has 1 aliphatic heterocycles. The lowest BCUT2D eigenvalue weighted by atomic mass is 10.1. The highest BCUT2D eigenvalue weighted by atomic mass is 16.4. The number of rotatable bonds is 4. The topological polar surface area (TPSA) is 87.1 Å². The van der Waals surface area contributed by atoms with Crippen molar-refractivity contribution < 1.29 is 9.90 Å². The second-order valence-electron chi connectivity index (χ2n) is 4.51. The summed E-state index contributed by atoms with van der Waals surface area (Å²) in [7, 11) is 0. The van der Waals surface area contributed by atoms with Crippen LogP contribution in [0.3, 0.4) is 0 Å². The van der Waals surface area contributed by atoms with Gasteiger partial charge in [-0.25, -0.2) is 14.8 Å². The van der Waals surface area contributed by atoms with Crippen LogP contribution in [0.15, 0.2) is 0 Å². The van der Waals surface area contributed by atoms with Gasteiger partial charge in [-0.15, -0.1) is 0 Å². The van der Waals surface area contributed by atoms with Gasteiger partial charge < -0.3 is 15.7 Å². The molecule has 1 aromatic rings. The zero-order valence-corrected chi connectivity index (χ0v) is 10.7. The molecular weight excluding hydrogens is 232 g/mol. The molecular formula is C12H18N4O2. The molecule has 1 aromatic heterocycles. The number of aromatic nitrogens is 2. The van der Waals surface area contributed by atoms with E-state index in [0.717, 1.165) is 30.6 Å². The van der Waals surface area contributed by atoms with Crippen molar-refractivity contribution in [3.63, 3.8) is 0 Å². The Morgan fingerprint density at radius 3 is 3.00 bits per heavy atom. The standard InChI is InChI=1S/C12H18N4O2/c1-3-7(2)14-10-8-6-13-5-4-9(8)15-11(16-10)12(17)18/h7,13H,3-6H2,1-2H3,(H,17,18)(H,14,15,16). The molecule has 0 amide bonds. The molecule has 1 aliphatic rings. The van der Waals surface area contributed by atoms with Crippen LogP contribution in [0.2, 0.25) is 0 Å². The van der Waals surface area contributed by atoms with Crippen molar-refractivity contribution in [1.29, 1.82) is 0 Å². The summed E-state index contributed by atoms with van der Waals surface area (Å²) in [5.41, 5.74) is 1.83. The molecule has 6 heteroatoms. The Hall–Kier alpha value is -1.69. The molecule has 0 saturated heterocycles. The first-order valence-corrected chi connectivity index (χ1v) is 6.22. The van der Waals surface area contributed by atoms with Gasteiger partial charge in [0.1, 0.15) is 5.82 Å². The Kier molecular flexibility index (Phi) is 3.76. The smallest absolute Gasteiger partial charge is 0.374 e. The maximum Gasteiger partial charge on any atom is 0.374 e. The first-order valence-electron chi connectivity index (χ1n) is 6.22. The fourth-order valence-corrected chi connectivity index (χ4v) is 1.89. The van der Waals surface area contributed by atoms with Crippen molar-refractivity contribution in [3.8, 4) is 0 Å². The molecule has 2 rings (SSSR count). The van der Waals surface area contributed by atoms with E-state index in [2.05, 4.69) is 27.5 Å². The number of carbonyl (C=O) groups is 1. The molecule has 2 heterocycles. The van der Waals surface area contributed by atoms with Crippen LogP contribution in [-0.4, -0.2) is 33.6 Å². The van der Waals surface area contributed by atoms with Crippen molar-refractivity contribution in [1.82, 2.24) is 15.3 Å². The van der Waals surface area contributed by atoms with Gasteiger partial charge in [0, 0.05) is 31.1 Å². The summed E-state index contributed by atoms with van der Waals surface area (Å²) in [6.07, 6.45) is 1.70. The SMILES string of the molecule is CCC(C)Nc1nc(C(=O)O)nc2c1CNCC2. The van der Waals surface area contributed by atoms with Crippen LogP contribution in [0.5, 0.6) is 0 Å². The number of aromatic carboxylic acids is 1. The Morgan fingerprint density at radius 1 is 1.56 bits per heavy atom. The maximum absolute atomic E-state index is 11.0. The molecule has 18 heavy (non-hydrogen) atoms. The first kappa shape index (κ1) is 12.8. The zero-order chi connectivity index (χ0) is 13.1. The van der Waals surface area contributed by atoms with Crippen LogP contribution in [0, 0.1) is 0 Å². The summed E-state index contributed by atoms with van der Waals surface area (Å²) in [5.74, 6) is -0.552. The molecule has 3 N–H and O–H groups in total. The minimum Gasteiger partial charge on any atom is -0.475 e. The number of nitrogens with one attached hydrogen (secondary N) is 2. The third-order valence-corrected chi connectivity index (χ3v) is 3.12. The summed E-state index contributed by atoms with van der Waals surface area (Å²) in [6.45, 7) is 5.63. The van der Waals surface area contributed by atoms with Crippen LogP contribution in [-0.2, 0) is 13.0 Å². The summed E-state index contributed by atoms with van der Waals surface area (Å²) in [4.78, 5) is 19.3. The number of anilines is 1. The van der Waals surface area contributed by atoms with E-state index in [-0.39, 0.29) is 11.9 Å². The predicted molar refractivity (Wildman–Crippen MR) is 67.8 cm³/mol. The van der Waals surface area contributed by atoms with Crippen LogP contribution < -0.4 is 10.6 Å². The Morgan fingerprint density at radius 2 is 2.33 bits per heavy atom. The minimum absolute atomic E-state index is 0.124. The van der Waals surface area contributed by atoms with Crippen molar-refractivity contribution in [2.24, 2.45) is 0 Å². The van der Waals surface area contributed by atoms with Crippen molar-refractivity contribution in [2.45, 2.75) is 39.3 Å². The highest BCUT2D eigenvalue weighted by Gasteiger charge is 2.20. The fraction of sp³-hybridized carbons (Fsp3) is 0.583. The van der Waals surface area contributed by atoms with Gasteiger partial charge in [-0.3, -0.25) is 0 Å². The molecule has 0 aliphatic carbocycles. The lowest BCUT2D eigenvalue weighted by Gasteiger charge is -2.22. The molecule has 98 valence electrons. The van der Waals surface area contributed by atoms with Gasteiger partial charge in [-0.2, -0.15) is 0 Å². The summed E-state index contributed by atoms with van der Waals surface area (Å²) in [5, 5.41) is 15.5. The van der Waals surface area contributed by atoms with E-state index < -0.39 is 5.97 Å². The number of fused-ring (bicyclic) bond motifs is 1. The molecule has 0 saturated carbocycles. The Bertz CT molecular complexity index is 462. The molecule has 6 nitrogen and oxygen atoms in total. The number of carboxylic acid groups (broad SMARTS) is 1. The normalized spacial score (nSPS) is 15.9. The lowest BCUT2D eigenvalue weighted by molar-refractivity contribution is 0.0683. The maximum atomic E-state index is 11.0. The van der Waals surface area contributed by atoms with E-state index in [1.807, 2.05) is 6.92 Å². The van der Waals surface area contributed by atoms with Gasteiger partial charge >= 0.3 is 5.97 Å². The van der Waals surface area contributed by atoms with Crippen LogP contribution in [0.25, 0.3) is 0 Å². The van der Waals surface area contributed by atoms with E-state index in [0.29, 0.717) is 12.4 Å². The Balaban J connectivity index is 2.41. The average Bonchev–Trinajstić information content (AvgIpc) is 2.38. The predicted octanol–water partition coefficient (Wildman–Crippen LogP) is 1.03. The van der Waals surface area contributed by atoms with Gasteiger partial charge in [0.2, 0.25) is 5.82 Å². The monoisotopic (exact) mass is 250 g/mol. The highest BCUT2D eigenvalue weighted by Crippen LogP contribution is 2.21. The number of carboxylic acids is 1. The second-order valence-corrected chi connectivity index (χ2v) is 4.51. The molecule has 0 spiro atoms. The van der Waals surface area contributed by atoms with Crippen LogP contribution in [0.1, 0.15) is 42.1 Å². The van der Waals surface area contributed by atoms with E-state index in [1.54, 1.807) is 0 Å². The van der Waals surface area contributed by atoms with Crippen molar-refractivity contribution in [2.75, 3.05) is 11.9 Å². The number of nitrogens with zero attached hydrogens (tertiary/aromatic N) is 2. The molecule has 1 unspecified atom stereocenters. The van der Waals surface area contributed by atoms with Gasteiger partial charge in [-0.05, 0) is 13.3 Å². The zero-order valence-electron chi connectivity index (χ0n) is 10.7. The second kappa shape index (κ2) is 5.30. The van der Waals surface area contributed by atoms with E-state index in [4.69, 9.17) is 5.11 Å². The molecule has 0 aromatic carbocycles. The van der Waals surface area contributed by atoms with E-state index in [9.17, 15) is 4.79 Å². The van der Waals surface area contributed by atoms with Gasteiger partial charge in [0.25, 0.3) is 0 Å². The molecule has 0 fully saturated rings. The minimum atomic E-state index is -1.08. The molecule has 0 radical (unpaired) electrons. The summed E-state index contributed by atoms with van der Waals surface area (Å²) in [6, 6.07) is 0.257. The lowest BCUT2D eigenvalue weighted by Crippen LogP contribution is -2.29. The highest BCUT2D eigenvalue weighted by molar-refractivity contribution is 5.83. The largest absolute Gasteiger partial charge is 0.475 e. The number of hydrogen-bond donors (Lipinski definition) is 3. The summed E-state index contributed by atoms with van der Waals surface area (Å²) < 4.78 is 0. The average molecular weight is 250 g/mol. The Labute approximate surface area is 106 Å². The van der Waals surface area contributed by atoms with E-state index >= 15 is 0 Å². The first-order chi connectivity index (χ1) is 8.61. The van der Waals surface area contributed by atoms with Crippen molar-refractivity contribution in [3.05, 3.63) is 17.1 Å². The molecule has 1 atom stereocenters. The third kappa shape index (κ3) is 2.59.